The van der Waals surface area contributed by atoms with Crippen LogP contribution in [-0.4, -0.2) is 24.1 Å². The number of para-hydroxylation sites is 2. The molecule has 0 spiro atoms. The first kappa shape index (κ1) is 17.9. The summed E-state index contributed by atoms with van der Waals surface area (Å²) in [5, 5.41) is 0. The second kappa shape index (κ2) is 8.50. The van der Waals surface area contributed by atoms with Crippen LogP contribution in [0.4, 0.5) is 0 Å². The van der Waals surface area contributed by atoms with Gasteiger partial charge < -0.3 is 14.2 Å². The Morgan fingerprint density at radius 1 is 0.750 bits per heavy atom. The summed E-state index contributed by atoms with van der Waals surface area (Å²) in [5.74, 6) is 1.03. The molecule has 2 unspecified atom stereocenters. The van der Waals surface area contributed by atoms with Crippen molar-refractivity contribution >= 4 is 11.9 Å². The van der Waals surface area contributed by atoms with Crippen molar-refractivity contribution < 1.29 is 19.0 Å². The molecule has 3 aromatic carbocycles. The van der Waals surface area contributed by atoms with Crippen LogP contribution in [0.15, 0.2) is 96.0 Å². The van der Waals surface area contributed by atoms with E-state index in [-0.39, 0.29) is 0 Å². The predicted octanol–water partition coefficient (Wildman–Crippen LogP) is 4.04. The second-order valence-corrected chi connectivity index (χ2v) is 6.27. The van der Waals surface area contributed by atoms with Gasteiger partial charge in [0.05, 0.1) is 6.54 Å². The molecular formula is C23H19NO4. The average molecular weight is 373 g/mol. The molecule has 0 saturated carbocycles. The standard InChI is InChI=1S/C23H19NO4/c25-23(27-19-14-8-3-9-15-19)21-20(28-21)22(26-18-12-6-2-7-13-18)24-16-17-10-4-1-5-11-17/h1-15,20-21H,16H2. The molecule has 5 heteroatoms. The van der Waals surface area contributed by atoms with Gasteiger partial charge in [0, 0.05) is 0 Å². The van der Waals surface area contributed by atoms with Crippen molar-refractivity contribution in [1.29, 1.82) is 0 Å². The molecule has 140 valence electrons. The maximum Gasteiger partial charge on any atom is 0.344 e. The molecule has 0 aromatic heterocycles. The molecule has 2 atom stereocenters. The van der Waals surface area contributed by atoms with Gasteiger partial charge >= 0.3 is 5.97 Å². The smallest absolute Gasteiger partial charge is 0.344 e. The van der Waals surface area contributed by atoms with Crippen LogP contribution < -0.4 is 9.47 Å². The van der Waals surface area contributed by atoms with Gasteiger partial charge in [0.1, 0.15) is 11.5 Å². The molecule has 0 N–H and O–H groups in total. The van der Waals surface area contributed by atoms with Gasteiger partial charge in [0.2, 0.25) is 5.90 Å². The van der Waals surface area contributed by atoms with Gasteiger partial charge in [0.15, 0.2) is 12.2 Å². The van der Waals surface area contributed by atoms with E-state index in [1.807, 2.05) is 66.7 Å². The third kappa shape index (κ3) is 4.64. The fraction of sp³-hybridized carbons (Fsp3) is 0.130. The Labute approximate surface area is 163 Å². The number of hydrogen-bond donors (Lipinski definition) is 0. The summed E-state index contributed by atoms with van der Waals surface area (Å²) in [7, 11) is 0. The molecule has 3 aromatic rings. The van der Waals surface area contributed by atoms with Gasteiger partial charge in [-0.05, 0) is 29.8 Å². The van der Waals surface area contributed by atoms with Crippen molar-refractivity contribution in [2.45, 2.75) is 18.8 Å². The Morgan fingerprint density at radius 3 is 1.89 bits per heavy atom. The predicted molar refractivity (Wildman–Crippen MR) is 105 cm³/mol. The Bertz CT molecular complexity index is 942. The molecule has 1 heterocycles. The Hall–Kier alpha value is -3.44. The van der Waals surface area contributed by atoms with Crippen LogP contribution >= 0.6 is 0 Å². The second-order valence-electron chi connectivity index (χ2n) is 6.27. The molecule has 4 rings (SSSR count). The van der Waals surface area contributed by atoms with Crippen LogP contribution in [0.2, 0.25) is 0 Å². The summed E-state index contributed by atoms with van der Waals surface area (Å²) in [5.41, 5.74) is 1.04. The zero-order valence-corrected chi connectivity index (χ0v) is 15.1. The van der Waals surface area contributed by atoms with Crippen molar-refractivity contribution in [2.24, 2.45) is 4.99 Å². The van der Waals surface area contributed by atoms with Gasteiger partial charge in [-0.25, -0.2) is 9.79 Å². The number of carbonyl (C=O) groups excluding carboxylic acids is 1. The van der Waals surface area contributed by atoms with Crippen LogP contribution in [-0.2, 0) is 16.1 Å². The fourth-order valence-corrected chi connectivity index (χ4v) is 2.68. The van der Waals surface area contributed by atoms with Gasteiger partial charge in [0.25, 0.3) is 0 Å². The number of ether oxygens (including phenoxy) is 3. The van der Waals surface area contributed by atoms with E-state index in [1.165, 1.54) is 0 Å². The molecule has 1 aliphatic heterocycles. The number of epoxide rings is 1. The van der Waals surface area contributed by atoms with E-state index >= 15 is 0 Å². The van der Waals surface area contributed by atoms with Gasteiger partial charge in [-0.1, -0.05) is 66.7 Å². The third-order valence-electron chi connectivity index (χ3n) is 4.15. The van der Waals surface area contributed by atoms with Crippen LogP contribution in [0.3, 0.4) is 0 Å². The lowest BCUT2D eigenvalue weighted by atomic mass is 10.2. The number of aliphatic imine (C=N–C) groups is 1. The molecule has 0 radical (unpaired) electrons. The highest BCUT2D eigenvalue weighted by Crippen LogP contribution is 2.28. The molecule has 1 saturated heterocycles. The van der Waals surface area contributed by atoms with Gasteiger partial charge in [-0.2, -0.15) is 0 Å². The van der Waals surface area contributed by atoms with Gasteiger partial charge in [-0.15, -0.1) is 0 Å². The SMILES string of the molecule is O=C(Oc1ccccc1)C1OC1C(=NCc1ccccc1)Oc1ccccc1. The minimum absolute atomic E-state index is 0.366. The number of carbonyl (C=O) groups is 1. The lowest BCUT2D eigenvalue weighted by Crippen LogP contribution is -2.24. The highest BCUT2D eigenvalue weighted by molar-refractivity contribution is 5.94. The van der Waals surface area contributed by atoms with E-state index in [9.17, 15) is 4.79 Å². The van der Waals surface area contributed by atoms with E-state index in [0.29, 0.717) is 23.9 Å². The van der Waals surface area contributed by atoms with Crippen molar-refractivity contribution in [3.8, 4) is 11.5 Å². The van der Waals surface area contributed by atoms with Crippen molar-refractivity contribution in [3.63, 3.8) is 0 Å². The summed E-state index contributed by atoms with van der Waals surface area (Å²) in [6.45, 7) is 0.434. The molecule has 28 heavy (non-hydrogen) atoms. The number of esters is 1. The third-order valence-corrected chi connectivity index (χ3v) is 4.15. The first-order valence-electron chi connectivity index (χ1n) is 9.03. The highest BCUT2D eigenvalue weighted by Gasteiger charge is 2.51. The Kier molecular flexibility index (Phi) is 5.45. The van der Waals surface area contributed by atoms with E-state index in [1.54, 1.807) is 24.3 Å². The van der Waals surface area contributed by atoms with Crippen LogP contribution in [0, 0.1) is 0 Å². The van der Waals surface area contributed by atoms with Crippen LogP contribution in [0.1, 0.15) is 5.56 Å². The largest absolute Gasteiger partial charge is 0.440 e. The summed E-state index contributed by atoms with van der Waals surface area (Å²) in [4.78, 5) is 16.9. The normalized spacial score (nSPS) is 18.4. The molecular weight excluding hydrogens is 354 g/mol. The lowest BCUT2D eigenvalue weighted by Gasteiger charge is -2.07. The summed E-state index contributed by atoms with van der Waals surface area (Å²) < 4.78 is 16.8. The van der Waals surface area contributed by atoms with Crippen LogP contribution in [0.5, 0.6) is 11.5 Å². The summed E-state index contributed by atoms with van der Waals surface area (Å²) >= 11 is 0. The zero-order valence-electron chi connectivity index (χ0n) is 15.1. The van der Waals surface area contributed by atoms with Crippen molar-refractivity contribution in [2.75, 3.05) is 0 Å². The molecule has 0 bridgehead atoms. The number of nitrogens with zero attached hydrogens (tertiary/aromatic N) is 1. The monoisotopic (exact) mass is 373 g/mol. The van der Waals surface area contributed by atoms with Crippen molar-refractivity contribution in [3.05, 3.63) is 96.6 Å². The van der Waals surface area contributed by atoms with E-state index in [0.717, 1.165) is 5.56 Å². The molecule has 5 nitrogen and oxygen atoms in total. The highest BCUT2D eigenvalue weighted by atomic mass is 16.7. The maximum absolute atomic E-state index is 12.4. The summed E-state index contributed by atoms with van der Waals surface area (Å²) in [6, 6.07) is 28.1. The zero-order chi connectivity index (χ0) is 19.2. The topological polar surface area (TPSA) is 60.4 Å². The summed E-state index contributed by atoms with van der Waals surface area (Å²) in [6.07, 6.45) is -1.28. The quantitative estimate of drug-likeness (QED) is 0.215. The fourth-order valence-electron chi connectivity index (χ4n) is 2.68. The maximum atomic E-state index is 12.4. The first-order valence-corrected chi connectivity index (χ1v) is 9.03. The van der Waals surface area contributed by atoms with E-state index < -0.39 is 18.2 Å². The molecule has 0 amide bonds. The minimum atomic E-state index is -0.724. The lowest BCUT2D eigenvalue weighted by molar-refractivity contribution is -0.135. The van der Waals surface area contributed by atoms with E-state index in [2.05, 4.69) is 4.99 Å². The number of hydrogen-bond acceptors (Lipinski definition) is 5. The first-order chi connectivity index (χ1) is 13.8. The van der Waals surface area contributed by atoms with Gasteiger partial charge in [-0.3, -0.25) is 0 Å². The molecule has 1 aliphatic rings. The van der Waals surface area contributed by atoms with Crippen molar-refractivity contribution in [1.82, 2.24) is 0 Å². The Balaban J connectivity index is 1.47. The van der Waals surface area contributed by atoms with E-state index in [4.69, 9.17) is 14.2 Å². The number of rotatable bonds is 6. The average Bonchev–Trinajstić information content (AvgIpc) is 3.54. The van der Waals surface area contributed by atoms with Crippen LogP contribution in [0.25, 0.3) is 0 Å². The molecule has 0 aliphatic carbocycles. The number of benzene rings is 3. The Morgan fingerprint density at radius 2 is 1.29 bits per heavy atom. The molecule has 1 fully saturated rings. The minimum Gasteiger partial charge on any atom is -0.440 e.